The van der Waals surface area contributed by atoms with Crippen molar-refractivity contribution in [1.82, 2.24) is 0 Å². The predicted molar refractivity (Wildman–Crippen MR) is 221 cm³/mol. The van der Waals surface area contributed by atoms with Crippen molar-refractivity contribution in [3.63, 3.8) is 0 Å². The minimum Gasteiger partial charge on any atom is -0.507 e. The zero-order chi connectivity index (χ0) is 43.5. The number of aliphatic hydroxyl groups excluding tert-OH is 2. The van der Waals surface area contributed by atoms with Gasteiger partial charge in [0.05, 0.1) is 58.7 Å². The first kappa shape index (κ1) is 44.2. The second kappa shape index (κ2) is 17.9. The van der Waals surface area contributed by atoms with E-state index in [1.807, 2.05) is 6.07 Å². The fourth-order valence-electron chi connectivity index (χ4n) is 7.56. The molecule has 0 aliphatic carbocycles. The van der Waals surface area contributed by atoms with Crippen LogP contribution in [0.25, 0.3) is 10.8 Å². The number of aliphatic hydroxyl groups is 2. The van der Waals surface area contributed by atoms with Gasteiger partial charge in [-0.2, -0.15) is 5.10 Å². The van der Waals surface area contributed by atoms with E-state index in [0.717, 1.165) is 6.21 Å². The fraction of sp³-hybridized carbons (Fsp3) is 0.409. The lowest BCUT2D eigenvalue weighted by Crippen LogP contribution is -2.46. The van der Waals surface area contributed by atoms with Crippen molar-refractivity contribution in [2.75, 3.05) is 17.9 Å². The molecule has 0 radical (unpaired) electrons. The molecule has 15 nitrogen and oxygen atoms in total. The lowest BCUT2D eigenvalue weighted by molar-refractivity contribution is -0.160. The van der Waals surface area contributed by atoms with Crippen LogP contribution in [0.15, 0.2) is 71.6 Å². The molecule has 3 aliphatic heterocycles. The fourth-order valence-corrected chi connectivity index (χ4v) is 7.56. The molecule has 15 heteroatoms. The maximum absolute atomic E-state index is 14.4. The number of methoxy groups -OCH3 is 1. The molecule has 3 aromatic rings. The van der Waals surface area contributed by atoms with E-state index < -0.39 is 88.8 Å². The normalized spacial score (nSPS) is 30.0. The predicted octanol–water partition coefficient (Wildman–Crippen LogP) is 6.20. The van der Waals surface area contributed by atoms with Gasteiger partial charge in [-0.3, -0.25) is 19.8 Å². The molecule has 3 aromatic carbocycles. The highest BCUT2D eigenvalue weighted by Crippen LogP contribution is 2.55. The van der Waals surface area contributed by atoms with Crippen LogP contribution in [0.5, 0.6) is 23.0 Å². The van der Waals surface area contributed by atoms with Gasteiger partial charge in [0.15, 0.2) is 5.75 Å². The number of phenolic OH excluding ortho intramolecular Hbond substituents is 3. The number of ether oxygens (including phenoxy) is 4. The highest BCUT2D eigenvalue weighted by atomic mass is 16.7. The first-order chi connectivity index (χ1) is 27.8. The highest BCUT2D eigenvalue weighted by Gasteiger charge is 2.50. The number of hydrogen-bond acceptors (Lipinski definition) is 14. The number of benzene rings is 3. The maximum atomic E-state index is 14.4. The van der Waals surface area contributed by atoms with Gasteiger partial charge in [-0.05, 0) is 32.1 Å². The van der Waals surface area contributed by atoms with Crippen LogP contribution in [-0.2, 0) is 23.8 Å². The molecule has 9 atom stereocenters. The summed E-state index contributed by atoms with van der Waals surface area (Å²) in [6.45, 7) is 12.4. The average molecular weight is 816 g/mol. The minimum atomic E-state index is -2.06. The van der Waals surface area contributed by atoms with Crippen LogP contribution in [0.1, 0.15) is 70.0 Å². The molecule has 316 valence electrons. The first-order valence-corrected chi connectivity index (χ1v) is 19.3. The van der Waals surface area contributed by atoms with Gasteiger partial charge in [0, 0.05) is 61.2 Å². The number of nitrogens with zero attached hydrogens (tertiary/aromatic N) is 1. The Kier molecular flexibility index (Phi) is 13.4. The number of amides is 1. The Hall–Kier alpha value is -5.90. The number of aromatic hydroxyl groups is 3. The molecule has 1 amide bonds. The number of rotatable bonds is 5. The standard InChI is InChI=1S/C44H53N3O12/c1-21-14-13-15-22(2)43(55)46-34-29(20-45-47-28-16-11-10-12-17-28)38(52)31-32(39(34)53)37(51)26(6)41-33(31)42(54)44(8,59-41)57-19-18-30(56-9)23(3)40(58-27(7)48)25(5)36(50)24(4)35(21)49/h10-21,23-25,30,35-36,40,47,49-53H,1-9H3,(H,46,55)/b14-13+,19-18+,22-15+,45-20-. The Morgan fingerprint density at radius 2 is 1.61 bits per heavy atom. The maximum Gasteiger partial charge on any atom is 0.312 e. The highest BCUT2D eigenvalue weighted by molar-refractivity contribution is 6.23. The van der Waals surface area contributed by atoms with E-state index in [1.165, 1.54) is 53.2 Å². The summed E-state index contributed by atoms with van der Waals surface area (Å²) in [6, 6.07) is 8.84. The average Bonchev–Trinajstić information content (AvgIpc) is 3.47. The number of carbonyl (C=O) groups excluding carboxylic acids is 3. The summed E-state index contributed by atoms with van der Waals surface area (Å²) in [5.41, 5.74) is 2.84. The van der Waals surface area contributed by atoms with Gasteiger partial charge < -0.3 is 49.8 Å². The Balaban J connectivity index is 1.71. The van der Waals surface area contributed by atoms with Gasteiger partial charge in [-0.25, -0.2) is 0 Å². The third kappa shape index (κ3) is 8.77. The van der Waals surface area contributed by atoms with E-state index in [9.17, 15) is 39.9 Å². The third-order valence-electron chi connectivity index (χ3n) is 11.2. The van der Waals surface area contributed by atoms with Gasteiger partial charge in [0.1, 0.15) is 23.4 Å². The van der Waals surface area contributed by atoms with Crippen LogP contribution < -0.4 is 15.5 Å². The Morgan fingerprint density at radius 1 is 0.932 bits per heavy atom. The van der Waals surface area contributed by atoms with E-state index in [2.05, 4.69) is 15.8 Å². The van der Waals surface area contributed by atoms with Crippen molar-refractivity contribution in [3.8, 4) is 23.0 Å². The number of para-hydroxylation sites is 1. The molecular weight excluding hydrogens is 762 g/mol. The second-order valence-electron chi connectivity index (χ2n) is 15.4. The van der Waals surface area contributed by atoms with Crippen molar-refractivity contribution in [2.45, 2.75) is 85.6 Å². The number of hydrogen-bond donors (Lipinski definition) is 7. The summed E-state index contributed by atoms with van der Waals surface area (Å²) in [7, 11) is 1.43. The first-order valence-electron chi connectivity index (χ1n) is 19.3. The number of Topliss-reactive ketones (excluding diaryl/α,β-unsaturated/α-hetero) is 1. The monoisotopic (exact) mass is 815 g/mol. The SMILES string of the molecule is COC1/C=C/OC2(C)Oc3c(C)c(O)c4c(O)c(c(/C=N\Nc5ccccc5)c(O)c4c3C2=O)NC(=O)/C(C)=C/C=C/C(C)C(O)C(C)C(O)C(C)C(OC(C)=O)C1C. The van der Waals surface area contributed by atoms with Gasteiger partial charge in [-0.15, -0.1) is 0 Å². The molecule has 3 aliphatic rings. The van der Waals surface area contributed by atoms with Gasteiger partial charge in [-0.1, -0.05) is 64.1 Å². The van der Waals surface area contributed by atoms with Crippen molar-refractivity contribution in [3.05, 3.63) is 83.2 Å². The zero-order valence-corrected chi connectivity index (χ0v) is 34.5. The summed E-state index contributed by atoms with van der Waals surface area (Å²) in [5, 5.41) is 64.4. The van der Waals surface area contributed by atoms with Crippen LogP contribution in [0.3, 0.4) is 0 Å². The van der Waals surface area contributed by atoms with E-state index in [4.69, 9.17) is 18.9 Å². The molecule has 9 unspecified atom stereocenters. The van der Waals surface area contributed by atoms with Crippen LogP contribution in [0.2, 0.25) is 0 Å². The molecular formula is C44H53N3O12. The number of fused-ring (bicyclic) bond motifs is 14. The molecule has 0 saturated carbocycles. The van der Waals surface area contributed by atoms with Crippen LogP contribution >= 0.6 is 0 Å². The molecule has 0 aromatic heterocycles. The molecule has 7 N–H and O–H groups in total. The summed E-state index contributed by atoms with van der Waals surface area (Å²) in [5.74, 6) is -8.60. The van der Waals surface area contributed by atoms with Gasteiger partial charge in [0.2, 0.25) is 0 Å². The van der Waals surface area contributed by atoms with Gasteiger partial charge >= 0.3 is 11.8 Å². The molecule has 0 fully saturated rings. The second-order valence-corrected chi connectivity index (χ2v) is 15.4. The van der Waals surface area contributed by atoms with E-state index in [1.54, 1.807) is 64.1 Å². The minimum absolute atomic E-state index is 0.0359. The lowest BCUT2D eigenvalue weighted by Gasteiger charge is -2.38. The summed E-state index contributed by atoms with van der Waals surface area (Å²) < 4.78 is 23.5. The molecule has 0 spiro atoms. The molecule has 3 heterocycles. The quantitative estimate of drug-likeness (QED) is 0.0501. The molecule has 59 heavy (non-hydrogen) atoms. The van der Waals surface area contributed by atoms with Gasteiger partial charge in [0.25, 0.3) is 11.7 Å². The summed E-state index contributed by atoms with van der Waals surface area (Å²) >= 11 is 0. The topological polar surface area (TPSA) is 226 Å². The van der Waals surface area contributed by atoms with Crippen LogP contribution in [-0.4, -0.2) is 86.7 Å². The van der Waals surface area contributed by atoms with Crippen LogP contribution in [0.4, 0.5) is 11.4 Å². The molecule has 0 saturated heterocycles. The van der Waals surface area contributed by atoms with E-state index in [-0.39, 0.29) is 44.5 Å². The number of anilines is 2. The largest absolute Gasteiger partial charge is 0.507 e. The van der Waals surface area contributed by atoms with E-state index >= 15 is 0 Å². The smallest absolute Gasteiger partial charge is 0.312 e. The van der Waals surface area contributed by atoms with Crippen molar-refractivity contribution >= 4 is 46.0 Å². The van der Waals surface area contributed by atoms with E-state index in [0.29, 0.717) is 5.69 Å². The number of carbonyl (C=O) groups is 3. The Morgan fingerprint density at radius 3 is 2.25 bits per heavy atom. The number of hydrazone groups is 1. The molecule has 5 bridgehead atoms. The molecule has 6 rings (SSSR count). The number of ketones is 1. The summed E-state index contributed by atoms with van der Waals surface area (Å²) in [6.07, 6.45) is 4.61. The number of nitrogens with one attached hydrogen (secondary N) is 2. The van der Waals surface area contributed by atoms with Crippen molar-refractivity contribution < 1.29 is 58.9 Å². The Labute approximate surface area is 342 Å². The van der Waals surface area contributed by atoms with Crippen LogP contribution in [0, 0.1) is 30.6 Å². The third-order valence-corrected chi connectivity index (χ3v) is 11.2. The zero-order valence-electron chi connectivity index (χ0n) is 34.5. The number of phenols is 3. The lowest BCUT2D eigenvalue weighted by atomic mass is 9.78. The summed E-state index contributed by atoms with van der Waals surface area (Å²) in [4.78, 5) is 40.4. The number of allylic oxidation sites excluding steroid dienone is 2. The number of esters is 1. The van der Waals surface area contributed by atoms with Crippen molar-refractivity contribution in [2.24, 2.45) is 28.8 Å². The van der Waals surface area contributed by atoms with Crippen molar-refractivity contribution in [1.29, 1.82) is 0 Å². The Bertz CT molecular complexity index is 2220.